The summed E-state index contributed by atoms with van der Waals surface area (Å²) in [6.07, 6.45) is 0.972. The van der Waals surface area contributed by atoms with E-state index < -0.39 is 0 Å². The highest BCUT2D eigenvalue weighted by Crippen LogP contribution is 2.10. The van der Waals surface area contributed by atoms with Gasteiger partial charge in [-0.3, -0.25) is 0 Å². The molecule has 0 aliphatic heterocycles. The lowest BCUT2D eigenvalue weighted by molar-refractivity contribution is 0.902. The molecule has 1 nitrogen and oxygen atoms in total. The van der Waals surface area contributed by atoms with E-state index in [4.69, 9.17) is 5.73 Å². The fourth-order valence-electron chi connectivity index (χ4n) is 1.12. The van der Waals surface area contributed by atoms with Crippen molar-refractivity contribution in [1.82, 2.24) is 0 Å². The van der Waals surface area contributed by atoms with E-state index in [-0.39, 0.29) is 5.37 Å². The first-order valence-corrected chi connectivity index (χ1v) is 5.29. The average Bonchev–Trinajstić information content (AvgIpc) is 2.06. The van der Waals surface area contributed by atoms with E-state index in [0.29, 0.717) is 0 Å². The zero-order chi connectivity index (χ0) is 8.81. The molecule has 2 heteroatoms. The van der Waals surface area contributed by atoms with E-state index in [1.54, 1.807) is 11.8 Å². The second-order valence-electron chi connectivity index (χ2n) is 2.68. The van der Waals surface area contributed by atoms with Gasteiger partial charge in [0, 0.05) is 0 Å². The molecule has 0 aliphatic carbocycles. The molecule has 0 saturated carbocycles. The van der Waals surface area contributed by atoms with Crippen molar-refractivity contribution in [1.29, 1.82) is 0 Å². The first-order valence-electron chi connectivity index (χ1n) is 4.24. The third-order valence-corrected chi connectivity index (χ3v) is 2.59. The summed E-state index contributed by atoms with van der Waals surface area (Å²) < 4.78 is 0. The maximum absolute atomic E-state index is 5.88. The van der Waals surface area contributed by atoms with Gasteiger partial charge in [-0.2, -0.15) is 0 Å². The van der Waals surface area contributed by atoms with E-state index >= 15 is 0 Å². The Morgan fingerprint density at radius 2 is 2.00 bits per heavy atom. The lowest BCUT2D eigenvalue weighted by Gasteiger charge is -2.08. The maximum atomic E-state index is 5.88. The van der Waals surface area contributed by atoms with Crippen LogP contribution in [0.2, 0.25) is 0 Å². The molecule has 1 unspecified atom stereocenters. The standard InChI is InChI=1S/C10H15NS/c1-2-12-10(11)8-9-6-4-3-5-7-9/h3-7,10H,2,8,11H2,1H3. The van der Waals surface area contributed by atoms with Gasteiger partial charge in [0.05, 0.1) is 5.37 Å². The van der Waals surface area contributed by atoms with Gasteiger partial charge < -0.3 is 5.73 Å². The summed E-state index contributed by atoms with van der Waals surface area (Å²) in [4.78, 5) is 0. The minimum absolute atomic E-state index is 0.248. The summed E-state index contributed by atoms with van der Waals surface area (Å²) in [6.45, 7) is 2.13. The third-order valence-electron chi connectivity index (χ3n) is 1.66. The Morgan fingerprint density at radius 1 is 1.33 bits per heavy atom. The fourth-order valence-corrected chi connectivity index (χ4v) is 1.86. The van der Waals surface area contributed by atoms with Gasteiger partial charge in [0.15, 0.2) is 0 Å². The molecule has 0 saturated heterocycles. The SMILES string of the molecule is CCSC(N)Cc1ccccc1. The number of rotatable bonds is 4. The van der Waals surface area contributed by atoms with Gasteiger partial charge >= 0.3 is 0 Å². The average molecular weight is 181 g/mol. The smallest absolute Gasteiger partial charge is 0.0547 e. The molecule has 0 spiro atoms. The van der Waals surface area contributed by atoms with E-state index in [1.807, 2.05) is 6.07 Å². The van der Waals surface area contributed by atoms with Crippen molar-refractivity contribution < 1.29 is 0 Å². The Kier molecular flexibility index (Phi) is 4.19. The lowest BCUT2D eigenvalue weighted by atomic mass is 10.2. The molecule has 0 aromatic heterocycles. The number of benzene rings is 1. The van der Waals surface area contributed by atoms with Crippen LogP contribution < -0.4 is 5.73 Å². The Balaban J connectivity index is 2.41. The van der Waals surface area contributed by atoms with Crippen LogP contribution in [0.15, 0.2) is 30.3 Å². The molecular formula is C10H15NS. The van der Waals surface area contributed by atoms with Crippen LogP contribution in [0.1, 0.15) is 12.5 Å². The van der Waals surface area contributed by atoms with Crippen LogP contribution in [0.4, 0.5) is 0 Å². The predicted molar refractivity (Wildman–Crippen MR) is 56.3 cm³/mol. The van der Waals surface area contributed by atoms with Gasteiger partial charge in [-0.15, -0.1) is 11.8 Å². The van der Waals surface area contributed by atoms with Crippen molar-refractivity contribution >= 4 is 11.8 Å². The van der Waals surface area contributed by atoms with E-state index in [9.17, 15) is 0 Å². The molecule has 0 fully saturated rings. The number of hydrogen-bond acceptors (Lipinski definition) is 2. The van der Waals surface area contributed by atoms with Crippen LogP contribution in [0.25, 0.3) is 0 Å². The lowest BCUT2D eigenvalue weighted by Crippen LogP contribution is -2.18. The van der Waals surface area contributed by atoms with Crippen LogP contribution in [0.5, 0.6) is 0 Å². The van der Waals surface area contributed by atoms with E-state index in [0.717, 1.165) is 12.2 Å². The Bertz CT molecular complexity index is 210. The molecule has 0 bridgehead atoms. The van der Waals surface area contributed by atoms with Crippen molar-refractivity contribution in [3.63, 3.8) is 0 Å². The molecule has 1 rings (SSSR count). The first kappa shape index (κ1) is 9.62. The van der Waals surface area contributed by atoms with Gasteiger partial charge in [0.2, 0.25) is 0 Å². The number of nitrogens with two attached hydrogens (primary N) is 1. The van der Waals surface area contributed by atoms with E-state index in [1.165, 1.54) is 5.56 Å². The summed E-state index contributed by atoms with van der Waals surface area (Å²) in [7, 11) is 0. The maximum Gasteiger partial charge on any atom is 0.0547 e. The monoisotopic (exact) mass is 181 g/mol. The highest BCUT2D eigenvalue weighted by molar-refractivity contribution is 7.99. The summed E-state index contributed by atoms with van der Waals surface area (Å²) in [5.74, 6) is 1.09. The van der Waals surface area contributed by atoms with Crippen LogP contribution in [-0.2, 0) is 6.42 Å². The molecule has 1 atom stereocenters. The molecule has 66 valence electrons. The Labute approximate surface area is 78.4 Å². The van der Waals surface area contributed by atoms with Gasteiger partial charge in [-0.25, -0.2) is 0 Å². The minimum Gasteiger partial charge on any atom is -0.319 e. The summed E-state index contributed by atoms with van der Waals surface area (Å²) in [5.41, 5.74) is 7.20. The molecule has 12 heavy (non-hydrogen) atoms. The molecule has 0 amide bonds. The van der Waals surface area contributed by atoms with Gasteiger partial charge in [-0.05, 0) is 17.7 Å². The van der Waals surface area contributed by atoms with Crippen LogP contribution in [-0.4, -0.2) is 11.1 Å². The number of hydrogen-bond donors (Lipinski definition) is 1. The van der Waals surface area contributed by atoms with Crippen molar-refractivity contribution in [2.24, 2.45) is 5.73 Å². The van der Waals surface area contributed by atoms with Crippen molar-refractivity contribution in [2.45, 2.75) is 18.7 Å². The summed E-state index contributed by atoms with van der Waals surface area (Å²) in [6, 6.07) is 10.4. The molecule has 1 aromatic rings. The fraction of sp³-hybridized carbons (Fsp3) is 0.400. The largest absolute Gasteiger partial charge is 0.319 e. The summed E-state index contributed by atoms with van der Waals surface area (Å²) >= 11 is 1.80. The Hall–Kier alpha value is -0.470. The molecule has 0 aliphatic rings. The second-order valence-corrected chi connectivity index (χ2v) is 4.20. The molecule has 0 radical (unpaired) electrons. The van der Waals surface area contributed by atoms with Crippen LogP contribution >= 0.6 is 11.8 Å². The zero-order valence-corrected chi connectivity index (χ0v) is 8.18. The van der Waals surface area contributed by atoms with Gasteiger partial charge in [-0.1, -0.05) is 37.3 Å². The predicted octanol–water partition coefficient (Wildman–Crippen LogP) is 2.27. The van der Waals surface area contributed by atoms with E-state index in [2.05, 4.69) is 31.2 Å². The number of thioether (sulfide) groups is 1. The quantitative estimate of drug-likeness (QED) is 0.721. The topological polar surface area (TPSA) is 26.0 Å². The molecule has 0 heterocycles. The highest BCUT2D eigenvalue weighted by atomic mass is 32.2. The van der Waals surface area contributed by atoms with Crippen molar-refractivity contribution in [2.75, 3.05) is 5.75 Å². The van der Waals surface area contributed by atoms with Gasteiger partial charge in [0.25, 0.3) is 0 Å². The molecule has 1 aromatic carbocycles. The normalized spacial score (nSPS) is 12.8. The summed E-state index contributed by atoms with van der Waals surface area (Å²) in [5, 5.41) is 0.248. The van der Waals surface area contributed by atoms with Crippen LogP contribution in [0, 0.1) is 0 Å². The Morgan fingerprint density at radius 3 is 2.58 bits per heavy atom. The third kappa shape index (κ3) is 3.28. The zero-order valence-electron chi connectivity index (χ0n) is 7.36. The first-order chi connectivity index (χ1) is 5.83. The second kappa shape index (κ2) is 5.22. The molecular weight excluding hydrogens is 166 g/mol. The van der Waals surface area contributed by atoms with Crippen molar-refractivity contribution in [3.05, 3.63) is 35.9 Å². The van der Waals surface area contributed by atoms with Crippen LogP contribution in [0.3, 0.4) is 0 Å². The molecule has 2 N–H and O–H groups in total. The van der Waals surface area contributed by atoms with Gasteiger partial charge in [0.1, 0.15) is 0 Å². The minimum atomic E-state index is 0.248. The highest BCUT2D eigenvalue weighted by Gasteiger charge is 2.01. The van der Waals surface area contributed by atoms with Crippen molar-refractivity contribution in [3.8, 4) is 0 Å².